The van der Waals surface area contributed by atoms with Gasteiger partial charge in [-0.1, -0.05) is 37.3 Å². The van der Waals surface area contributed by atoms with Crippen molar-refractivity contribution in [2.45, 2.75) is 20.3 Å². The number of aromatic nitrogens is 1. The van der Waals surface area contributed by atoms with Gasteiger partial charge in [-0.2, -0.15) is 0 Å². The molecule has 0 radical (unpaired) electrons. The van der Waals surface area contributed by atoms with Gasteiger partial charge in [0.1, 0.15) is 0 Å². The summed E-state index contributed by atoms with van der Waals surface area (Å²) in [6, 6.07) is 14.7. The van der Waals surface area contributed by atoms with Crippen LogP contribution in [0.1, 0.15) is 18.3 Å². The minimum atomic E-state index is 0.988. The molecule has 0 amide bonds. The van der Waals surface area contributed by atoms with Crippen LogP contribution < -0.4 is 0 Å². The van der Waals surface area contributed by atoms with Crippen LogP contribution in [0.25, 0.3) is 11.1 Å². The minimum Gasteiger partial charge on any atom is -0.258 e. The highest BCUT2D eigenvalue weighted by Gasteiger charge is 2.00. The van der Waals surface area contributed by atoms with Crippen LogP contribution in [0, 0.1) is 6.92 Å². The van der Waals surface area contributed by atoms with Gasteiger partial charge in [0.05, 0.1) is 0 Å². The summed E-state index contributed by atoms with van der Waals surface area (Å²) < 4.78 is 0. The fourth-order valence-electron chi connectivity index (χ4n) is 1.72. The molecule has 0 unspecified atom stereocenters. The van der Waals surface area contributed by atoms with Gasteiger partial charge in [-0.05, 0) is 36.6 Å². The molecule has 1 nitrogen and oxygen atoms in total. The third kappa shape index (κ3) is 2.24. The molecule has 2 rings (SSSR count). The first-order valence-corrected chi connectivity index (χ1v) is 5.32. The molecule has 0 aliphatic rings. The monoisotopic (exact) mass is 197 g/mol. The molecule has 0 atom stereocenters. The second-order valence-corrected chi connectivity index (χ2v) is 3.71. The Labute approximate surface area is 90.8 Å². The summed E-state index contributed by atoms with van der Waals surface area (Å²) in [7, 11) is 0. The lowest BCUT2D eigenvalue weighted by Crippen LogP contribution is -1.91. The summed E-state index contributed by atoms with van der Waals surface area (Å²) in [5.74, 6) is 0. The summed E-state index contributed by atoms with van der Waals surface area (Å²) in [5.41, 5.74) is 4.78. The van der Waals surface area contributed by atoms with E-state index in [1.807, 2.05) is 13.0 Å². The van der Waals surface area contributed by atoms with Gasteiger partial charge in [-0.25, -0.2) is 0 Å². The molecule has 0 spiro atoms. The Balaban J connectivity index is 2.49. The SMILES string of the molecule is CCc1cc(-c2ccccc2)cc(C)n1. The van der Waals surface area contributed by atoms with E-state index in [1.54, 1.807) is 0 Å². The molecule has 0 bridgehead atoms. The number of pyridine rings is 1. The minimum absolute atomic E-state index is 0.988. The second-order valence-electron chi connectivity index (χ2n) is 3.71. The van der Waals surface area contributed by atoms with E-state index in [-0.39, 0.29) is 0 Å². The first-order chi connectivity index (χ1) is 7.29. The smallest absolute Gasteiger partial charge is 0.0410 e. The van der Waals surface area contributed by atoms with Crippen LogP contribution in [0.4, 0.5) is 0 Å². The molecular formula is C14H15N. The quantitative estimate of drug-likeness (QED) is 0.716. The predicted octanol–water partition coefficient (Wildman–Crippen LogP) is 3.62. The van der Waals surface area contributed by atoms with Crippen molar-refractivity contribution >= 4 is 0 Å². The maximum Gasteiger partial charge on any atom is 0.0410 e. The molecule has 0 saturated heterocycles. The molecule has 0 fully saturated rings. The molecule has 1 aromatic heterocycles. The van der Waals surface area contributed by atoms with Crippen molar-refractivity contribution in [3.05, 3.63) is 53.9 Å². The van der Waals surface area contributed by atoms with Gasteiger partial charge in [0.2, 0.25) is 0 Å². The summed E-state index contributed by atoms with van der Waals surface area (Å²) in [6.45, 7) is 4.18. The lowest BCUT2D eigenvalue weighted by molar-refractivity contribution is 1.01. The molecule has 0 aliphatic heterocycles. The van der Waals surface area contributed by atoms with E-state index in [1.165, 1.54) is 11.1 Å². The number of benzene rings is 1. The van der Waals surface area contributed by atoms with Crippen molar-refractivity contribution in [3.8, 4) is 11.1 Å². The summed E-state index contributed by atoms with van der Waals surface area (Å²) >= 11 is 0. The normalized spacial score (nSPS) is 10.3. The Morgan fingerprint density at radius 1 is 1.00 bits per heavy atom. The van der Waals surface area contributed by atoms with Crippen molar-refractivity contribution in [3.63, 3.8) is 0 Å². The Morgan fingerprint density at radius 3 is 2.40 bits per heavy atom. The van der Waals surface area contributed by atoms with E-state index in [4.69, 9.17) is 0 Å². The first kappa shape index (κ1) is 9.91. The number of nitrogens with zero attached hydrogens (tertiary/aromatic N) is 1. The van der Waals surface area contributed by atoms with Crippen molar-refractivity contribution in [2.75, 3.05) is 0 Å². The summed E-state index contributed by atoms with van der Waals surface area (Å²) in [5, 5.41) is 0. The zero-order chi connectivity index (χ0) is 10.7. The average Bonchev–Trinajstić information content (AvgIpc) is 2.29. The molecule has 2 aromatic rings. The number of aryl methyl sites for hydroxylation is 2. The van der Waals surface area contributed by atoms with Gasteiger partial charge in [-0.15, -0.1) is 0 Å². The van der Waals surface area contributed by atoms with E-state index < -0.39 is 0 Å². The van der Waals surface area contributed by atoms with Gasteiger partial charge in [0.15, 0.2) is 0 Å². The highest BCUT2D eigenvalue weighted by atomic mass is 14.7. The van der Waals surface area contributed by atoms with E-state index in [0.717, 1.165) is 17.8 Å². The summed E-state index contributed by atoms with van der Waals surface area (Å²) in [6.07, 6.45) is 0.988. The van der Waals surface area contributed by atoms with Crippen LogP contribution in [0.5, 0.6) is 0 Å². The highest BCUT2D eigenvalue weighted by molar-refractivity contribution is 5.63. The van der Waals surface area contributed by atoms with Crippen LogP contribution in [0.3, 0.4) is 0 Å². The Kier molecular flexibility index (Phi) is 2.82. The largest absolute Gasteiger partial charge is 0.258 e. The van der Waals surface area contributed by atoms with E-state index in [9.17, 15) is 0 Å². The molecule has 0 aliphatic carbocycles. The zero-order valence-corrected chi connectivity index (χ0v) is 9.20. The van der Waals surface area contributed by atoms with Gasteiger partial charge in [-0.3, -0.25) is 4.98 Å². The maximum atomic E-state index is 4.48. The van der Waals surface area contributed by atoms with E-state index in [0.29, 0.717) is 0 Å². The molecular weight excluding hydrogens is 182 g/mol. The van der Waals surface area contributed by atoms with Crippen molar-refractivity contribution in [1.82, 2.24) is 4.98 Å². The molecule has 15 heavy (non-hydrogen) atoms. The molecule has 0 N–H and O–H groups in total. The third-order valence-electron chi connectivity index (χ3n) is 2.48. The van der Waals surface area contributed by atoms with Gasteiger partial charge >= 0.3 is 0 Å². The molecule has 76 valence electrons. The topological polar surface area (TPSA) is 12.9 Å². The molecule has 0 saturated carbocycles. The first-order valence-electron chi connectivity index (χ1n) is 5.32. The van der Waals surface area contributed by atoms with Crippen molar-refractivity contribution in [1.29, 1.82) is 0 Å². The van der Waals surface area contributed by atoms with Crippen molar-refractivity contribution in [2.24, 2.45) is 0 Å². The Hall–Kier alpha value is -1.63. The molecule has 1 aromatic carbocycles. The van der Waals surface area contributed by atoms with Crippen LogP contribution in [0.15, 0.2) is 42.5 Å². The van der Waals surface area contributed by atoms with Crippen molar-refractivity contribution < 1.29 is 0 Å². The molecule has 1 heteroatoms. The standard InChI is InChI=1S/C14H15N/c1-3-14-10-13(9-11(2)15-14)12-7-5-4-6-8-12/h4-10H,3H2,1-2H3. The third-order valence-corrected chi connectivity index (χ3v) is 2.48. The number of rotatable bonds is 2. The number of hydrogen-bond donors (Lipinski definition) is 0. The van der Waals surface area contributed by atoms with Gasteiger partial charge < -0.3 is 0 Å². The summed E-state index contributed by atoms with van der Waals surface area (Å²) in [4.78, 5) is 4.48. The lowest BCUT2D eigenvalue weighted by atomic mass is 10.0. The van der Waals surface area contributed by atoms with Crippen LogP contribution in [-0.2, 0) is 6.42 Å². The lowest BCUT2D eigenvalue weighted by Gasteiger charge is -2.05. The van der Waals surface area contributed by atoms with E-state index >= 15 is 0 Å². The number of hydrogen-bond acceptors (Lipinski definition) is 1. The van der Waals surface area contributed by atoms with E-state index in [2.05, 4.69) is 48.3 Å². The fraction of sp³-hybridized carbons (Fsp3) is 0.214. The Bertz CT molecular complexity index is 446. The fourth-order valence-corrected chi connectivity index (χ4v) is 1.72. The maximum absolute atomic E-state index is 4.48. The van der Waals surface area contributed by atoms with Crippen LogP contribution in [0.2, 0.25) is 0 Å². The van der Waals surface area contributed by atoms with Gasteiger partial charge in [0, 0.05) is 11.4 Å². The van der Waals surface area contributed by atoms with Crippen LogP contribution in [-0.4, -0.2) is 4.98 Å². The molecule has 1 heterocycles. The Morgan fingerprint density at radius 2 is 1.73 bits per heavy atom. The van der Waals surface area contributed by atoms with Crippen LogP contribution >= 0.6 is 0 Å². The highest BCUT2D eigenvalue weighted by Crippen LogP contribution is 2.20. The average molecular weight is 197 g/mol. The predicted molar refractivity (Wildman–Crippen MR) is 63.8 cm³/mol. The van der Waals surface area contributed by atoms with Gasteiger partial charge in [0.25, 0.3) is 0 Å². The second kappa shape index (κ2) is 4.26. The zero-order valence-electron chi connectivity index (χ0n) is 9.20.